The number of imidazole rings is 1. The summed E-state index contributed by atoms with van der Waals surface area (Å²) in [5.41, 5.74) is 8.32. The maximum atomic E-state index is 15.3. The summed E-state index contributed by atoms with van der Waals surface area (Å²) in [5, 5.41) is 11.4. The van der Waals surface area contributed by atoms with Crippen molar-refractivity contribution >= 4 is 40.5 Å². The van der Waals surface area contributed by atoms with Gasteiger partial charge in [0, 0.05) is 29.4 Å². The zero-order valence-corrected chi connectivity index (χ0v) is 20.1. The van der Waals surface area contributed by atoms with Gasteiger partial charge in [-0.15, -0.1) is 5.10 Å². The second-order valence-electron chi connectivity index (χ2n) is 8.63. The summed E-state index contributed by atoms with van der Waals surface area (Å²) in [6.07, 6.45) is 6.24. The van der Waals surface area contributed by atoms with E-state index in [1.807, 2.05) is 0 Å². The lowest BCUT2D eigenvalue weighted by Crippen LogP contribution is -2.39. The van der Waals surface area contributed by atoms with Crippen LogP contribution in [0.4, 0.5) is 10.2 Å². The first-order valence-corrected chi connectivity index (χ1v) is 11.9. The molecule has 36 heavy (non-hydrogen) atoms. The lowest BCUT2D eigenvalue weighted by molar-refractivity contribution is -0.129. The molecule has 0 bridgehead atoms. The Morgan fingerprint density at radius 2 is 2.06 bits per heavy atom. The molecule has 5 heterocycles. The van der Waals surface area contributed by atoms with Crippen molar-refractivity contribution < 1.29 is 9.18 Å². The molecule has 0 spiro atoms. The van der Waals surface area contributed by atoms with E-state index in [2.05, 4.69) is 30.5 Å². The number of halogens is 3. The predicted octanol–water partition coefficient (Wildman–Crippen LogP) is 3.99. The van der Waals surface area contributed by atoms with Gasteiger partial charge in [0.1, 0.15) is 18.0 Å². The minimum atomic E-state index is -0.620. The molecule has 6 rings (SSSR count). The van der Waals surface area contributed by atoms with Gasteiger partial charge >= 0.3 is 0 Å². The molecular weight excluding hydrogens is 508 g/mol. The molecule has 3 aromatic heterocycles. The van der Waals surface area contributed by atoms with Crippen LogP contribution in [-0.4, -0.2) is 52.0 Å². The van der Waals surface area contributed by atoms with Crippen LogP contribution in [0.1, 0.15) is 36.7 Å². The molecule has 3 N–H and O–H groups in total. The summed E-state index contributed by atoms with van der Waals surface area (Å²) in [6, 6.07) is 6.10. The first-order chi connectivity index (χ1) is 17.4. The van der Waals surface area contributed by atoms with E-state index in [0.717, 1.165) is 5.56 Å². The Kier molecular flexibility index (Phi) is 5.45. The number of nitrogens with one attached hydrogen (secondary N) is 1. The molecule has 1 amide bonds. The van der Waals surface area contributed by atoms with Gasteiger partial charge in [0.2, 0.25) is 5.91 Å². The maximum Gasteiger partial charge on any atom is 0.247 e. The summed E-state index contributed by atoms with van der Waals surface area (Å²) in [5.74, 6) is 0.0824. The van der Waals surface area contributed by atoms with Crippen LogP contribution < -0.4 is 5.73 Å². The summed E-state index contributed by atoms with van der Waals surface area (Å²) >= 11 is 12.5. The Morgan fingerprint density at radius 3 is 2.83 bits per heavy atom. The largest absolute Gasteiger partial charge is 0.384 e. The summed E-state index contributed by atoms with van der Waals surface area (Å²) in [7, 11) is 0. The molecule has 10 nitrogen and oxygen atoms in total. The lowest BCUT2D eigenvalue weighted by Gasteiger charge is -2.33. The number of nitrogens with two attached hydrogens (primary N) is 1. The number of hydrogen-bond donors (Lipinski definition) is 2. The highest BCUT2D eigenvalue weighted by Gasteiger charge is 2.42. The van der Waals surface area contributed by atoms with Crippen molar-refractivity contribution in [1.29, 1.82) is 0 Å². The smallest absolute Gasteiger partial charge is 0.247 e. The quantitative estimate of drug-likeness (QED) is 0.411. The van der Waals surface area contributed by atoms with E-state index in [4.69, 9.17) is 28.9 Å². The zero-order chi connectivity index (χ0) is 25.0. The molecule has 2 aliphatic heterocycles. The molecule has 1 fully saturated rings. The van der Waals surface area contributed by atoms with E-state index < -0.39 is 5.82 Å². The van der Waals surface area contributed by atoms with Crippen LogP contribution >= 0.6 is 23.2 Å². The number of benzene rings is 1. The van der Waals surface area contributed by atoms with Gasteiger partial charge in [-0.3, -0.25) is 4.79 Å². The zero-order valence-electron chi connectivity index (χ0n) is 18.6. The molecule has 0 aliphatic carbocycles. The third kappa shape index (κ3) is 3.71. The van der Waals surface area contributed by atoms with Gasteiger partial charge in [0.25, 0.3) is 0 Å². The molecule has 0 unspecified atom stereocenters. The molecule has 0 radical (unpaired) electrons. The Hall–Kier alpha value is -3.83. The van der Waals surface area contributed by atoms with Crippen LogP contribution in [-0.2, 0) is 4.79 Å². The van der Waals surface area contributed by atoms with E-state index in [1.54, 1.807) is 29.3 Å². The molecule has 182 valence electrons. The van der Waals surface area contributed by atoms with E-state index in [9.17, 15) is 4.79 Å². The molecule has 1 aromatic carbocycles. The number of tetrazole rings is 1. The van der Waals surface area contributed by atoms with Crippen molar-refractivity contribution in [2.75, 3.05) is 5.73 Å². The molecule has 4 aromatic rings. The van der Waals surface area contributed by atoms with E-state index in [1.165, 1.54) is 23.2 Å². The van der Waals surface area contributed by atoms with Crippen molar-refractivity contribution in [3.8, 4) is 16.9 Å². The lowest BCUT2D eigenvalue weighted by atomic mass is 9.92. The fourth-order valence-electron chi connectivity index (χ4n) is 5.03. The highest BCUT2D eigenvalue weighted by molar-refractivity contribution is 6.32. The van der Waals surface area contributed by atoms with E-state index in [-0.39, 0.29) is 33.7 Å². The van der Waals surface area contributed by atoms with Crippen LogP contribution in [0.2, 0.25) is 10.2 Å². The van der Waals surface area contributed by atoms with Gasteiger partial charge in [-0.25, -0.2) is 14.4 Å². The van der Waals surface area contributed by atoms with Crippen LogP contribution in [0.3, 0.4) is 0 Å². The van der Waals surface area contributed by atoms with Gasteiger partial charge in [0.05, 0.1) is 22.4 Å². The fraction of sp³-hybridized carbons (Fsp3) is 0.217. The summed E-state index contributed by atoms with van der Waals surface area (Å²) in [4.78, 5) is 26.9. The number of aromatic nitrogens is 7. The van der Waals surface area contributed by atoms with Gasteiger partial charge in [-0.1, -0.05) is 23.2 Å². The number of nitrogens with zero attached hydrogens (tertiary/aromatic N) is 7. The first-order valence-electron chi connectivity index (χ1n) is 11.1. The van der Waals surface area contributed by atoms with Crippen molar-refractivity contribution in [3.63, 3.8) is 0 Å². The van der Waals surface area contributed by atoms with Crippen LogP contribution in [0, 0.1) is 5.82 Å². The number of amides is 1. The fourth-order valence-corrected chi connectivity index (χ4v) is 5.43. The molecule has 2 aliphatic rings. The van der Waals surface area contributed by atoms with Crippen molar-refractivity contribution in [3.05, 3.63) is 70.2 Å². The number of rotatable bonds is 4. The number of carbonyl (C=O) groups excluding carboxylic acids is 1. The third-order valence-corrected chi connectivity index (χ3v) is 7.13. The highest BCUT2D eigenvalue weighted by Crippen LogP contribution is 2.44. The highest BCUT2D eigenvalue weighted by atomic mass is 35.5. The van der Waals surface area contributed by atoms with Gasteiger partial charge in [-0.2, -0.15) is 4.68 Å². The molecular formula is C23H18Cl2FN9O. The topological polar surface area (TPSA) is 132 Å². The second-order valence-corrected chi connectivity index (χ2v) is 9.40. The van der Waals surface area contributed by atoms with Gasteiger partial charge < -0.3 is 15.6 Å². The SMILES string of the molecule is Nc1cc(-c2[nH]c([C@@H]3CC[C@@H]4CC(c5c(-n6cnnn6)ccc(Cl)c5F)=CC(=O)N43)nc2Cl)ccn1. The molecule has 1 saturated heterocycles. The van der Waals surface area contributed by atoms with Gasteiger partial charge in [0.15, 0.2) is 11.0 Å². The Morgan fingerprint density at radius 1 is 1.19 bits per heavy atom. The molecule has 0 saturated carbocycles. The molecule has 13 heteroatoms. The number of pyridine rings is 1. The normalized spacial score (nSPS) is 19.5. The number of carbonyl (C=O) groups is 1. The van der Waals surface area contributed by atoms with Crippen LogP contribution in [0.15, 0.2) is 42.9 Å². The summed E-state index contributed by atoms with van der Waals surface area (Å²) < 4.78 is 16.6. The van der Waals surface area contributed by atoms with Crippen molar-refractivity contribution in [2.24, 2.45) is 0 Å². The second kappa shape index (κ2) is 8.68. The number of aromatic amines is 1. The van der Waals surface area contributed by atoms with Crippen LogP contribution in [0.25, 0.3) is 22.5 Å². The third-order valence-electron chi connectivity index (χ3n) is 6.56. The standard InChI is InChI=1S/C23H18Cl2FN9O/c24-14-2-4-15(34-10-29-32-33-34)19(20(14)26)12-7-13-1-3-16(35(13)18(36)9-12)23-30-21(22(25)31-23)11-5-6-28-17(27)8-11/h2,4-6,8-10,13,16H,1,3,7H2,(H2,27,28)(H,30,31)/t13-,16+/m1/s1. The number of hydrogen-bond acceptors (Lipinski definition) is 7. The summed E-state index contributed by atoms with van der Waals surface area (Å²) in [6.45, 7) is 0. The number of H-pyrrole nitrogens is 1. The van der Waals surface area contributed by atoms with E-state index >= 15 is 4.39 Å². The first kappa shape index (κ1) is 22.6. The average molecular weight is 526 g/mol. The Bertz CT molecular complexity index is 1520. The van der Waals surface area contributed by atoms with Crippen molar-refractivity contribution in [2.45, 2.75) is 31.3 Å². The molecule has 2 atom stereocenters. The Labute approximate surface area is 213 Å². The van der Waals surface area contributed by atoms with Gasteiger partial charge in [-0.05, 0) is 59.5 Å². The number of fused-ring (bicyclic) bond motifs is 1. The average Bonchev–Trinajstić information content (AvgIpc) is 3.60. The number of nitrogen functional groups attached to an aromatic ring is 1. The monoisotopic (exact) mass is 525 g/mol. The predicted molar refractivity (Wildman–Crippen MR) is 131 cm³/mol. The van der Waals surface area contributed by atoms with E-state index in [0.29, 0.717) is 47.9 Å². The van der Waals surface area contributed by atoms with Crippen molar-refractivity contribution in [1.82, 2.24) is 40.1 Å². The minimum Gasteiger partial charge on any atom is -0.384 e. The van der Waals surface area contributed by atoms with Crippen LogP contribution in [0.5, 0.6) is 0 Å². The maximum absolute atomic E-state index is 15.3. The minimum absolute atomic E-state index is 0.0450. The number of anilines is 1. The Balaban J connectivity index is 1.35.